The number of likely N-dealkylation sites (tertiary alicyclic amines) is 1. The predicted octanol–water partition coefficient (Wildman–Crippen LogP) is 3.67. The smallest absolute Gasteiger partial charge is 0.238 e. The molecule has 0 saturated carbocycles. The third-order valence-electron chi connectivity index (χ3n) is 5.42. The number of halogens is 2. The van der Waals surface area contributed by atoms with E-state index in [9.17, 15) is 9.59 Å². The third kappa shape index (κ3) is 8.91. The number of benzene rings is 1. The monoisotopic (exact) mass is 444 g/mol. The molecule has 2 aliphatic heterocycles. The minimum absolute atomic E-state index is 0. The molecule has 3 N–H and O–H groups in total. The lowest BCUT2D eigenvalue weighted by Crippen LogP contribution is -2.37. The lowest BCUT2D eigenvalue weighted by Gasteiger charge is -2.23. The molecule has 1 aromatic carbocycles. The van der Waals surface area contributed by atoms with Crippen LogP contribution in [0.25, 0.3) is 0 Å². The number of carbonyl (C=O) groups is 2. The Labute approximate surface area is 186 Å². The van der Waals surface area contributed by atoms with E-state index in [-0.39, 0.29) is 42.5 Å². The van der Waals surface area contributed by atoms with Crippen molar-refractivity contribution in [3.05, 3.63) is 24.3 Å². The Morgan fingerprint density at radius 2 is 1.48 bits per heavy atom. The second-order valence-corrected chi connectivity index (χ2v) is 7.70. The Morgan fingerprint density at radius 3 is 2.07 bits per heavy atom. The van der Waals surface area contributed by atoms with Gasteiger partial charge in [-0.25, -0.2) is 0 Å². The van der Waals surface area contributed by atoms with Crippen LogP contribution in [0.15, 0.2) is 24.3 Å². The summed E-state index contributed by atoms with van der Waals surface area (Å²) in [7, 11) is 0. The van der Waals surface area contributed by atoms with Gasteiger partial charge in [0.1, 0.15) is 0 Å². The molecule has 0 radical (unpaired) electrons. The maximum Gasteiger partial charge on any atom is 0.238 e. The summed E-state index contributed by atoms with van der Waals surface area (Å²) in [6, 6.07) is 7.39. The van der Waals surface area contributed by atoms with E-state index in [4.69, 9.17) is 0 Å². The zero-order valence-electron chi connectivity index (χ0n) is 17.0. The molecule has 3 rings (SSSR count). The highest BCUT2D eigenvalue weighted by atomic mass is 35.5. The van der Waals surface area contributed by atoms with Gasteiger partial charge < -0.3 is 16.0 Å². The largest absolute Gasteiger partial charge is 0.326 e. The zero-order chi connectivity index (χ0) is 18.9. The van der Waals surface area contributed by atoms with Gasteiger partial charge in [0, 0.05) is 17.9 Å². The van der Waals surface area contributed by atoms with Gasteiger partial charge in [-0.2, -0.15) is 0 Å². The molecular weight excluding hydrogens is 411 g/mol. The number of carbonyl (C=O) groups excluding carboxylic acids is 2. The summed E-state index contributed by atoms with van der Waals surface area (Å²) in [5.41, 5.74) is 1.54. The van der Waals surface area contributed by atoms with E-state index < -0.39 is 0 Å². The van der Waals surface area contributed by atoms with Crippen molar-refractivity contribution in [3.63, 3.8) is 0 Å². The van der Waals surface area contributed by atoms with Crippen molar-refractivity contribution in [2.24, 2.45) is 5.92 Å². The molecule has 2 amide bonds. The molecule has 29 heavy (non-hydrogen) atoms. The molecule has 1 atom stereocenters. The van der Waals surface area contributed by atoms with Crippen molar-refractivity contribution in [2.45, 2.75) is 44.9 Å². The van der Waals surface area contributed by atoms with Crippen molar-refractivity contribution in [3.8, 4) is 0 Å². The Morgan fingerprint density at radius 1 is 0.897 bits per heavy atom. The van der Waals surface area contributed by atoms with Gasteiger partial charge in [0.2, 0.25) is 11.8 Å². The lowest BCUT2D eigenvalue weighted by molar-refractivity contribution is -0.120. The Kier molecular flexibility index (Phi) is 12.2. The van der Waals surface area contributed by atoms with Gasteiger partial charge in [0.25, 0.3) is 0 Å². The number of nitrogens with one attached hydrogen (secondary N) is 3. The van der Waals surface area contributed by atoms with Gasteiger partial charge in [-0.15, -0.1) is 24.8 Å². The Balaban J connectivity index is 0.00000210. The van der Waals surface area contributed by atoms with E-state index in [2.05, 4.69) is 20.9 Å². The van der Waals surface area contributed by atoms with Crippen molar-refractivity contribution < 1.29 is 9.59 Å². The van der Waals surface area contributed by atoms with Gasteiger partial charge in [0.05, 0.1) is 12.5 Å². The molecule has 1 unspecified atom stereocenters. The van der Waals surface area contributed by atoms with Crippen molar-refractivity contribution >= 4 is 48.0 Å². The van der Waals surface area contributed by atoms with Crippen LogP contribution in [0.1, 0.15) is 44.9 Å². The maximum atomic E-state index is 12.3. The fraction of sp³-hybridized carbons (Fsp3) is 0.619. The van der Waals surface area contributed by atoms with Crippen LogP contribution in [-0.4, -0.2) is 49.4 Å². The first kappa shape index (κ1) is 25.7. The molecule has 0 aromatic heterocycles. The van der Waals surface area contributed by atoms with E-state index in [0.29, 0.717) is 6.54 Å². The van der Waals surface area contributed by atoms with Crippen LogP contribution in [0.2, 0.25) is 0 Å². The molecule has 1 aromatic rings. The molecule has 164 valence electrons. The molecule has 0 aliphatic carbocycles. The van der Waals surface area contributed by atoms with Gasteiger partial charge in [-0.3, -0.25) is 14.5 Å². The average Bonchev–Trinajstić information content (AvgIpc) is 2.66. The summed E-state index contributed by atoms with van der Waals surface area (Å²) >= 11 is 0. The third-order valence-corrected chi connectivity index (χ3v) is 5.42. The molecule has 0 spiro atoms. The van der Waals surface area contributed by atoms with Crippen LogP contribution in [0.4, 0.5) is 11.4 Å². The average molecular weight is 445 g/mol. The maximum absolute atomic E-state index is 12.3. The highest BCUT2D eigenvalue weighted by Crippen LogP contribution is 2.17. The number of anilines is 2. The normalized spacial score (nSPS) is 20.2. The molecule has 6 nitrogen and oxygen atoms in total. The molecule has 8 heteroatoms. The van der Waals surface area contributed by atoms with Crippen LogP contribution in [0.5, 0.6) is 0 Å². The second-order valence-electron chi connectivity index (χ2n) is 7.70. The van der Waals surface area contributed by atoms with Gasteiger partial charge in [0.15, 0.2) is 0 Å². The molecule has 2 fully saturated rings. The van der Waals surface area contributed by atoms with Gasteiger partial charge >= 0.3 is 0 Å². The number of amides is 2. The van der Waals surface area contributed by atoms with E-state index in [0.717, 1.165) is 50.4 Å². The quantitative estimate of drug-likeness (QED) is 0.647. The zero-order valence-corrected chi connectivity index (χ0v) is 18.6. The minimum atomic E-state index is 0. The predicted molar refractivity (Wildman–Crippen MR) is 123 cm³/mol. The first-order chi connectivity index (χ1) is 13.2. The highest BCUT2D eigenvalue weighted by Gasteiger charge is 2.20. The fourth-order valence-corrected chi connectivity index (χ4v) is 3.83. The second kappa shape index (κ2) is 13.8. The first-order valence-electron chi connectivity index (χ1n) is 10.3. The van der Waals surface area contributed by atoms with Crippen molar-refractivity contribution in [2.75, 3.05) is 43.4 Å². The number of piperidine rings is 1. The van der Waals surface area contributed by atoms with E-state index in [1.807, 2.05) is 24.3 Å². The van der Waals surface area contributed by atoms with Crippen molar-refractivity contribution in [1.82, 2.24) is 10.2 Å². The highest BCUT2D eigenvalue weighted by molar-refractivity contribution is 5.94. The molecule has 2 aliphatic rings. The SMILES string of the molecule is Cl.Cl.O=C(CN1CCCCCCC1)Nc1ccc(NC(=O)C2CCCNC2)cc1. The summed E-state index contributed by atoms with van der Waals surface area (Å²) in [5, 5.41) is 9.20. The molecule has 2 saturated heterocycles. The summed E-state index contributed by atoms with van der Waals surface area (Å²) in [4.78, 5) is 26.8. The summed E-state index contributed by atoms with van der Waals surface area (Å²) in [5.74, 6) is 0.132. The Bertz CT molecular complexity index is 614. The minimum Gasteiger partial charge on any atom is -0.326 e. The molecule has 0 bridgehead atoms. The van der Waals surface area contributed by atoms with Crippen LogP contribution >= 0.6 is 24.8 Å². The number of hydrogen-bond acceptors (Lipinski definition) is 4. The topological polar surface area (TPSA) is 73.5 Å². The summed E-state index contributed by atoms with van der Waals surface area (Å²) < 4.78 is 0. The number of hydrogen-bond donors (Lipinski definition) is 3. The number of nitrogens with zero attached hydrogens (tertiary/aromatic N) is 1. The van der Waals surface area contributed by atoms with Crippen LogP contribution in [-0.2, 0) is 9.59 Å². The van der Waals surface area contributed by atoms with Crippen LogP contribution in [0, 0.1) is 5.92 Å². The lowest BCUT2D eigenvalue weighted by atomic mass is 9.99. The van der Waals surface area contributed by atoms with Gasteiger partial charge in [-0.05, 0) is 69.6 Å². The summed E-state index contributed by atoms with van der Waals surface area (Å²) in [6.45, 7) is 4.21. The number of rotatable bonds is 5. The van der Waals surface area contributed by atoms with E-state index >= 15 is 0 Å². The summed E-state index contributed by atoms with van der Waals surface area (Å²) in [6.07, 6.45) is 8.19. The molecular formula is C21H34Cl2N4O2. The standard InChI is InChI=1S/C21H32N4O2.2ClH/c26-20(16-25-13-4-2-1-3-5-14-25)23-18-8-10-19(11-9-18)24-21(27)17-7-6-12-22-15-17;;/h8-11,17,22H,1-7,12-16H2,(H,23,26)(H,24,27);2*1H. The Hall–Kier alpha value is -1.34. The van der Waals surface area contributed by atoms with Crippen LogP contribution < -0.4 is 16.0 Å². The fourth-order valence-electron chi connectivity index (χ4n) is 3.83. The van der Waals surface area contributed by atoms with E-state index in [1.54, 1.807) is 0 Å². The van der Waals surface area contributed by atoms with Crippen molar-refractivity contribution in [1.29, 1.82) is 0 Å². The van der Waals surface area contributed by atoms with Gasteiger partial charge in [-0.1, -0.05) is 19.3 Å². The van der Waals surface area contributed by atoms with E-state index in [1.165, 1.54) is 32.1 Å². The van der Waals surface area contributed by atoms with Crippen LogP contribution in [0.3, 0.4) is 0 Å². The first-order valence-corrected chi connectivity index (χ1v) is 10.3. The molecule has 2 heterocycles.